The molecule has 0 bridgehead atoms. The Morgan fingerprint density at radius 2 is 2.05 bits per heavy atom. The Kier molecular flexibility index (Phi) is 6.64. The van der Waals surface area contributed by atoms with Crippen LogP contribution in [0.25, 0.3) is 0 Å². The highest BCUT2D eigenvalue weighted by molar-refractivity contribution is 7.89. The molecule has 0 aliphatic heterocycles. The van der Waals surface area contributed by atoms with Gasteiger partial charge in [-0.3, -0.25) is 4.79 Å². The second-order valence-electron chi connectivity index (χ2n) is 4.71. The van der Waals surface area contributed by atoms with Gasteiger partial charge >= 0.3 is 0 Å². The zero-order valence-electron chi connectivity index (χ0n) is 12.6. The number of carbonyl (C=O) groups is 1. The summed E-state index contributed by atoms with van der Waals surface area (Å²) in [5.74, 6) is 0.440. The van der Waals surface area contributed by atoms with E-state index < -0.39 is 10.0 Å². The molecule has 0 aromatic heterocycles. The average Bonchev–Trinajstić information content (AvgIpc) is 2.43. The molecule has 0 spiro atoms. The van der Waals surface area contributed by atoms with Crippen molar-refractivity contribution in [2.24, 2.45) is 0 Å². The maximum Gasteiger partial charge on any atom is 0.221 e. The highest BCUT2D eigenvalue weighted by Gasteiger charge is 2.11. The quantitative estimate of drug-likeness (QED) is 0.767. The fourth-order valence-corrected chi connectivity index (χ4v) is 2.95. The zero-order valence-corrected chi connectivity index (χ0v) is 13.4. The van der Waals surface area contributed by atoms with Crippen LogP contribution in [0.3, 0.4) is 0 Å². The Labute approximate surface area is 125 Å². The molecule has 1 rings (SSSR count). The van der Waals surface area contributed by atoms with Crippen molar-refractivity contribution in [3.8, 4) is 5.75 Å². The molecule has 118 valence electrons. The molecule has 1 amide bonds. The van der Waals surface area contributed by atoms with Crippen LogP contribution in [-0.2, 0) is 21.4 Å². The first kappa shape index (κ1) is 17.5. The third-order valence-electron chi connectivity index (χ3n) is 2.84. The average molecular weight is 314 g/mol. The van der Waals surface area contributed by atoms with E-state index in [1.807, 2.05) is 6.92 Å². The summed E-state index contributed by atoms with van der Waals surface area (Å²) in [4.78, 5) is 11.1. The van der Waals surface area contributed by atoms with Gasteiger partial charge in [0.25, 0.3) is 0 Å². The number of sulfonamides is 1. The number of carbonyl (C=O) groups excluding carboxylic acids is 1. The maximum atomic E-state index is 11.7. The SMILES string of the molecule is CCCCS(=O)(=O)NCc1ccc(OC)c(NC(C)=O)c1. The molecular formula is C14H22N2O4S. The Hall–Kier alpha value is -1.60. The van der Waals surface area contributed by atoms with Gasteiger partial charge in [0.15, 0.2) is 0 Å². The van der Waals surface area contributed by atoms with Crippen molar-refractivity contribution in [1.82, 2.24) is 4.72 Å². The fourth-order valence-electron chi connectivity index (χ4n) is 1.75. The van der Waals surface area contributed by atoms with Gasteiger partial charge in [-0.1, -0.05) is 19.4 Å². The van der Waals surface area contributed by atoms with Crippen molar-refractivity contribution >= 4 is 21.6 Å². The van der Waals surface area contributed by atoms with Crippen molar-refractivity contribution in [2.75, 3.05) is 18.2 Å². The minimum atomic E-state index is -3.26. The molecule has 6 nitrogen and oxygen atoms in total. The molecule has 0 heterocycles. The molecule has 0 unspecified atom stereocenters. The first-order valence-electron chi connectivity index (χ1n) is 6.79. The van der Waals surface area contributed by atoms with E-state index in [-0.39, 0.29) is 18.2 Å². The largest absolute Gasteiger partial charge is 0.495 e. The van der Waals surface area contributed by atoms with Crippen molar-refractivity contribution < 1.29 is 17.9 Å². The van der Waals surface area contributed by atoms with E-state index in [0.29, 0.717) is 17.9 Å². The number of anilines is 1. The zero-order chi connectivity index (χ0) is 15.9. The van der Waals surface area contributed by atoms with Crippen LogP contribution in [0.5, 0.6) is 5.75 Å². The van der Waals surface area contributed by atoms with Crippen LogP contribution >= 0.6 is 0 Å². The first-order valence-corrected chi connectivity index (χ1v) is 8.45. The van der Waals surface area contributed by atoms with Gasteiger partial charge in [-0.25, -0.2) is 13.1 Å². The van der Waals surface area contributed by atoms with Crippen molar-refractivity contribution in [2.45, 2.75) is 33.2 Å². The number of methoxy groups -OCH3 is 1. The monoisotopic (exact) mass is 314 g/mol. The second-order valence-corrected chi connectivity index (χ2v) is 6.64. The number of unbranched alkanes of at least 4 members (excludes halogenated alkanes) is 1. The number of benzene rings is 1. The van der Waals surface area contributed by atoms with Crippen LogP contribution in [-0.4, -0.2) is 27.2 Å². The van der Waals surface area contributed by atoms with Crippen LogP contribution in [0, 0.1) is 0 Å². The summed E-state index contributed by atoms with van der Waals surface area (Å²) in [5.41, 5.74) is 1.27. The van der Waals surface area contributed by atoms with Crippen LogP contribution in [0.1, 0.15) is 32.3 Å². The highest BCUT2D eigenvalue weighted by atomic mass is 32.2. The molecule has 2 N–H and O–H groups in total. The molecule has 0 aliphatic carbocycles. The standard InChI is InChI=1S/C14H22N2O4S/c1-4-5-8-21(18,19)15-10-12-6-7-14(20-3)13(9-12)16-11(2)17/h6-7,9,15H,4-5,8,10H2,1-3H3,(H,16,17). The molecule has 0 aliphatic rings. The fraction of sp³-hybridized carbons (Fsp3) is 0.500. The number of hydrogen-bond acceptors (Lipinski definition) is 4. The van der Waals surface area contributed by atoms with E-state index in [1.165, 1.54) is 14.0 Å². The maximum absolute atomic E-state index is 11.7. The van der Waals surface area contributed by atoms with Gasteiger partial charge in [0, 0.05) is 13.5 Å². The Bertz CT molecular complexity index is 585. The number of nitrogens with one attached hydrogen (secondary N) is 2. The molecule has 7 heteroatoms. The van der Waals surface area contributed by atoms with E-state index in [4.69, 9.17) is 4.74 Å². The molecule has 21 heavy (non-hydrogen) atoms. The molecule has 1 aromatic carbocycles. The van der Waals surface area contributed by atoms with E-state index in [0.717, 1.165) is 12.0 Å². The van der Waals surface area contributed by atoms with E-state index >= 15 is 0 Å². The number of ether oxygens (including phenoxy) is 1. The lowest BCUT2D eigenvalue weighted by Gasteiger charge is -2.12. The Morgan fingerprint density at radius 1 is 1.33 bits per heavy atom. The lowest BCUT2D eigenvalue weighted by Crippen LogP contribution is -2.26. The van der Waals surface area contributed by atoms with Crippen LogP contribution < -0.4 is 14.8 Å². The van der Waals surface area contributed by atoms with Gasteiger partial charge in [0.2, 0.25) is 15.9 Å². The van der Waals surface area contributed by atoms with Crippen LogP contribution in [0.15, 0.2) is 18.2 Å². The number of rotatable bonds is 8. The molecule has 0 saturated carbocycles. The summed E-state index contributed by atoms with van der Waals surface area (Å²) in [6, 6.07) is 5.15. The smallest absolute Gasteiger partial charge is 0.221 e. The van der Waals surface area contributed by atoms with E-state index in [2.05, 4.69) is 10.0 Å². The molecule has 1 aromatic rings. The third kappa shape index (κ3) is 6.14. The lowest BCUT2D eigenvalue weighted by atomic mass is 10.2. The van der Waals surface area contributed by atoms with Crippen LogP contribution in [0.4, 0.5) is 5.69 Å². The Morgan fingerprint density at radius 3 is 2.62 bits per heavy atom. The summed E-state index contributed by atoms with van der Waals surface area (Å²) < 4.78 is 31.2. The highest BCUT2D eigenvalue weighted by Crippen LogP contribution is 2.25. The predicted molar refractivity (Wildman–Crippen MR) is 82.8 cm³/mol. The topological polar surface area (TPSA) is 84.5 Å². The second kappa shape index (κ2) is 7.99. The number of amides is 1. The molecular weight excluding hydrogens is 292 g/mol. The van der Waals surface area contributed by atoms with Crippen molar-refractivity contribution in [3.05, 3.63) is 23.8 Å². The Balaban J connectivity index is 2.78. The van der Waals surface area contributed by atoms with E-state index in [1.54, 1.807) is 18.2 Å². The van der Waals surface area contributed by atoms with Crippen LogP contribution in [0.2, 0.25) is 0 Å². The summed E-state index contributed by atoms with van der Waals surface area (Å²) >= 11 is 0. The van der Waals surface area contributed by atoms with Crippen molar-refractivity contribution in [3.63, 3.8) is 0 Å². The van der Waals surface area contributed by atoms with Gasteiger partial charge in [0.1, 0.15) is 5.75 Å². The predicted octanol–water partition coefficient (Wildman–Crippen LogP) is 1.87. The normalized spacial score (nSPS) is 11.2. The summed E-state index contributed by atoms with van der Waals surface area (Å²) in [6.45, 7) is 3.53. The van der Waals surface area contributed by atoms with Gasteiger partial charge in [-0.2, -0.15) is 0 Å². The van der Waals surface area contributed by atoms with Gasteiger partial charge < -0.3 is 10.1 Å². The van der Waals surface area contributed by atoms with Gasteiger partial charge in [-0.05, 0) is 24.1 Å². The molecule has 0 fully saturated rings. The lowest BCUT2D eigenvalue weighted by molar-refractivity contribution is -0.114. The van der Waals surface area contributed by atoms with Gasteiger partial charge in [0.05, 0.1) is 18.6 Å². The van der Waals surface area contributed by atoms with Crippen molar-refractivity contribution in [1.29, 1.82) is 0 Å². The minimum absolute atomic E-state index is 0.123. The van der Waals surface area contributed by atoms with Gasteiger partial charge in [-0.15, -0.1) is 0 Å². The summed E-state index contributed by atoms with van der Waals surface area (Å²) in [6.07, 6.45) is 1.46. The summed E-state index contributed by atoms with van der Waals surface area (Å²) in [5, 5.41) is 2.65. The minimum Gasteiger partial charge on any atom is -0.495 e. The van der Waals surface area contributed by atoms with E-state index in [9.17, 15) is 13.2 Å². The molecule has 0 saturated heterocycles. The third-order valence-corrected chi connectivity index (χ3v) is 4.25. The molecule has 0 radical (unpaired) electrons. The first-order chi connectivity index (χ1) is 9.88. The molecule has 0 atom stereocenters. The number of hydrogen-bond donors (Lipinski definition) is 2. The summed E-state index contributed by atoms with van der Waals surface area (Å²) in [7, 11) is -1.75.